The van der Waals surface area contributed by atoms with Gasteiger partial charge in [0.1, 0.15) is 17.1 Å². The summed E-state index contributed by atoms with van der Waals surface area (Å²) in [7, 11) is 3.30. The summed E-state index contributed by atoms with van der Waals surface area (Å²) in [5, 5.41) is 15.7. The van der Waals surface area contributed by atoms with Gasteiger partial charge < -0.3 is 25.0 Å². The van der Waals surface area contributed by atoms with Crippen LogP contribution in [-0.4, -0.2) is 55.1 Å². The number of nitrogens with one attached hydrogen (secondary N) is 2. The maximum absolute atomic E-state index is 13.8. The number of hydrogen-bond acceptors (Lipinski definition) is 7. The summed E-state index contributed by atoms with van der Waals surface area (Å²) >= 11 is 0. The van der Waals surface area contributed by atoms with Crippen LogP contribution in [0.5, 0.6) is 5.88 Å². The van der Waals surface area contributed by atoms with E-state index < -0.39 is 23.2 Å². The molecule has 0 atom stereocenters. The summed E-state index contributed by atoms with van der Waals surface area (Å²) in [6.07, 6.45) is 11.5. The second-order valence-electron chi connectivity index (χ2n) is 11.9. The Bertz CT molecular complexity index is 1840. The number of hydrogen-bond donors (Lipinski definition) is 3. The van der Waals surface area contributed by atoms with E-state index in [0.717, 1.165) is 61.2 Å². The molecular formula is C34H35FN6O5. The van der Waals surface area contributed by atoms with Gasteiger partial charge in [-0.05, 0) is 67.5 Å². The van der Waals surface area contributed by atoms with E-state index in [-0.39, 0.29) is 23.3 Å². The highest BCUT2D eigenvalue weighted by Gasteiger charge is 2.43. The molecule has 0 aliphatic heterocycles. The average Bonchev–Trinajstić information content (AvgIpc) is 3.81. The third-order valence-corrected chi connectivity index (χ3v) is 9.07. The second kappa shape index (κ2) is 12.7. The van der Waals surface area contributed by atoms with Crippen molar-refractivity contribution in [2.24, 2.45) is 7.05 Å². The molecule has 12 heteroatoms. The smallest absolute Gasteiger partial charge is 0.328 e. The second-order valence-corrected chi connectivity index (χ2v) is 11.9. The molecule has 0 bridgehead atoms. The largest absolute Gasteiger partial charge is 0.479 e. The SMILES string of the molecule is COc1nc(NC(=O)C2(NC(=O)c3ccc4c(C5CCCC5)c(-c5ccc(F)cn5)n(C)c4c3)CCCC2)cnc1/C=C/C(=O)O. The molecule has 2 aliphatic rings. The number of methoxy groups -OCH3 is 1. The molecule has 1 aromatic carbocycles. The summed E-state index contributed by atoms with van der Waals surface area (Å²) in [6, 6.07) is 8.71. The number of aryl methyl sites for hydroxylation is 1. The summed E-state index contributed by atoms with van der Waals surface area (Å²) in [5.74, 6) is -1.83. The zero-order valence-electron chi connectivity index (χ0n) is 25.7. The number of aromatic nitrogens is 4. The number of carboxylic acid groups (broad SMARTS) is 1. The molecule has 0 radical (unpaired) electrons. The molecule has 2 amide bonds. The minimum atomic E-state index is -1.16. The van der Waals surface area contributed by atoms with E-state index in [4.69, 9.17) is 9.84 Å². The number of amides is 2. The van der Waals surface area contributed by atoms with Crippen LogP contribution in [0.25, 0.3) is 28.4 Å². The Balaban J connectivity index is 1.29. The monoisotopic (exact) mass is 626 g/mol. The van der Waals surface area contributed by atoms with Gasteiger partial charge in [0.15, 0.2) is 5.82 Å². The first-order valence-corrected chi connectivity index (χ1v) is 15.4. The lowest BCUT2D eigenvalue weighted by Gasteiger charge is -2.29. The van der Waals surface area contributed by atoms with Crippen molar-refractivity contribution in [2.75, 3.05) is 12.4 Å². The number of halogens is 1. The van der Waals surface area contributed by atoms with Crippen molar-refractivity contribution >= 4 is 40.6 Å². The Morgan fingerprint density at radius 2 is 1.83 bits per heavy atom. The van der Waals surface area contributed by atoms with Gasteiger partial charge in [-0.1, -0.05) is 31.7 Å². The molecule has 11 nitrogen and oxygen atoms in total. The molecule has 0 unspecified atom stereocenters. The summed E-state index contributed by atoms with van der Waals surface area (Å²) in [5.41, 5.74) is 3.09. The summed E-state index contributed by atoms with van der Waals surface area (Å²) < 4.78 is 21.0. The Labute approximate surface area is 264 Å². The van der Waals surface area contributed by atoms with Gasteiger partial charge in [-0.3, -0.25) is 14.6 Å². The van der Waals surface area contributed by atoms with Crippen LogP contribution in [0.4, 0.5) is 10.2 Å². The average molecular weight is 627 g/mol. The van der Waals surface area contributed by atoms with Gasteiger partial charge >= 0.3 is 5.97 Å². The first-order valence-electron chi connectivity index (χ1n) is 15.4. The van der Waals surface area contributed by atoms with E-state index in [9.17, 15) is 18.8 Å². The molecule has 0 saturated heterocycles. The van der Waals surface area contributed by atoms with Crippen molar-refractivity contribution < 1.29 is 28.6 Å². The highest BCUT2D eigenvalue weighted by atomic mass is 19.1. The zero-order chi connectivity index (χ0) is 32.4. The predicted octanol–water partition coefficient (Wildman–Crippen LogP) is 5.61. The fraction of sp³-hybridized carbons (Fsp3) is 0.353. The number of carbonyl (C=O) groups excluding carboxylic acids is 2. The van der Waals surface area contributed by atoms with Gasteiger partial charge in [-0.15, -0.1) is 0 Å². The minimum absolute atomic E-state index is 0.0443. The van der Waals surface area contributed by atoms with Crippen LogP contribution in [0.2, 0.25) is 0 Å². The van der Waals surface area contributed by atoms with Gasteiger partial charge in [-0.25, -0.2) is 14.2 Å². The van der Waals surface area contributed by atoms with Crippen LogP contribution in [-0.2, 0) is 16.6 Å². The lowest BCUT2D eigenvalue weighted by Crippen LogP contribution is -2.55. The molecule has 2 fully saturated rings. The van der Waals surface area contributed by atoms with Gasteiger partial charge in [0, 0.05) is 29.6 Å². The van der Waals surface area contributed by atoms with Gasteiger partial charge in [0.05, 0.1) is 30.9 Å². The van der Waals surface area contributed by atoms with Crippen LogP contribution >= 0.6 is 0 Å². The molecule has 3 aromatic heterocycles. The normalized spacial score (nSPS) is 16.2. The maximum atomic E-state index is 13.8. The minimum Gasteiger partial charge on any atom is -0.479 e. The number of aliphatic carboxylic acids is 1. The van der Waals surface area contributed by atoms with Crippen LogP contribution in [0.15, 0.2) is 48.8 Å². The number of rotatable bonds is 9. The van der Waals surface area contributed by atoms with Crippen molar-refractivity contribution in [3.63, 3.8) is 0 Å². The third kappa shape index (κ3) is 5.94. The Kier molecular flexibility index (Phi) is 8.53. The molecule has 238 valence electrons. The highest BCUT2D eigenvalue weighted by molar-refractivity contribution is 6.05. The van der Waals surface area contributed by atoms with Crippen LogP contribution in [0.3, 0.4) is 0 Å². The Morgan fingerprint density at radius 1 is 1.07 bits per heavy atom. The van der Waals surface area contributed by atoms with E-state index in [2.05, 4.69) is 25.6 Å². The summed E-state index contributed by atoms with van der Waals surface area (Å²) in [6.45, 7) is 0. The summed E-state index contributed by atoms with van der Waals surface area (Å²) in [4.78, 5) is 51.2. The molecular weight excluding hydrogens is 591 g/mol. The number of carbonyl (C=O) groups is 3. The van der Waals surface area contributed by atoms with Crippen molar-refractivity contribution in [1.29, 1.82) is 0 Å². The Hall–Kier alpha value is -5.13. The first kappa shape index (κ1) is 30.9. The van der Waals surface area contributed by atoms with Crippen molar-refractivity contribution in [3.05, 3.63) is 71.4 Å². The van der Waals surface area contributed by atoms with E-state index in [1.165, 1.54) is 37.2 Å². The van der Waals surface area contributed by atoms with Crippen LogP contribution in [0, 0.1) is 5.82 Å². The van der Waals surface area contributed by atoms with E-state index >= 15 is 0 Å². The third-order valence-electron chi connectivity index (χ3n) is 9.07. The van der Waals surface area contributed by atoms with Crippen molar-refractivity contribution in [1.82, 2.24) is 24.8 Å². The van der Waals surface area contributed by atoms with Gasteiger partial charge in [0.2, 0.25) is 5.88 Å². The fourth-order valence-corrected chi connectivity index (χ4v) is 6.83. The Morgan fingerprint density at radius 3 is 2.50 bits per heavy atom. The number of fused-ring (bicyclic) bond motifs is 1. The molecule has 2 aliphatic carbocycles. The standard InChI is InChI=1S/C34H35FN6O5/c1-41-26-17-21(9-11-23(26)29(20-7-3-4-8-20)30(41)24-12-10-22(35)18-36-24)31(44)40-34(15-5-6-16-34)33(45)39-27-19-37-25(13-14-28(42)43)32(38-27)46-2/h9-14,17-20H,3-8,15-16H2,1-2H3,(H,40,44)(H,42,43)(H,38,39,45)/b14-13+. The number of benzene rings is 1. The number of nitrogens with zero attached hydrogens (tertiary/aromatic N) is 4. The molecule has 2 saturated carbocycles. The molecule has 6 rings (SSSR count). The number of carboxylic acids is 1. The zero-order valence-corrected chi connectivity index (χ0v) is 25.7. The van der Waals surface area contributed by atoms with Crippen molar-refractivity contribution in [3.8, 4) is 17.3 Å². The highest BCUT2D eigenvalue weighted by Crippen LogP contribution is 2.44. The first-order chi connectivity index (χ1) is 22.2. The van der Waals surface area contributed by atoms with Crippen LogP contribution < -0.4 is 15.4 Å². The van der Waals surface area contributed by atoms with Crippen LogP contribution in [0.1, 0.15) is 78.9 Å². The van der Waals surface area contributed by atoms with Crippen molar-refractivity contribution in [2.45, 2.75) is 62.8 Å². The predicted molar refractivity (Wildman–Crippen MR) is 170 cm³/mol. The molecule has 46 heavy (non-hydrogen) atoms. The molecule has 4 aromatic rings. The molecule has 3 N–H and O–H groups in total. The van der Waals surface area contributed by atoms with E-state index in [1.807, 2.05) is 23.7 Å². The lowest BCUT2D eigenvalue weighted by atomic mass is 9.92. The number of ether oxygens (including phenoxy) is 1. The molecule has 0 spiro atoms. The van der Waals surface area contributed by atoms with Gasteiger partial charge in [0.25, 0.3) is 11.8 Å². The topological polar surface area (TPSA) is 148 Å². The fourth-order valence-electron chi connectivity index (χ4n) is 6.83. The van der Waals surface area contributed by atoms with E-state index in [0.29, 0.717) is 30.0 Å². The molecule has 3 heterocycles. The number of anilines is 1. The quantitative estimate of drug-likeness (QED) is 0.203. The van der Waals surface area contributed by atoms with Gasteiger partial charge in [-0.2, -0.15) is 4.98 Å². The lowest BCUT2D eigenvalue weighted by molar-refractivity contribution is -0.131. The number of pyridine rings is 1. The maximum Gasteiger partial charge on any atom is 0.328 e. The van der Waals surface area contributed by atoms with E-state index in [1.54, 1.807) is 12.1 Å².